The molecule has 0 radical (unpaired) electrons. The molecule has 1 N–H and O–H groups in total. The SMILES string of the molecule is COC(=O)c1ccc(C=C2SC(=S)N(C(C)C(=O)O)C2=O)cc1. The van der Waals surface area contributed by atoms with E-state index in [2.05, 4.69) is 4.74 Å². The lowest BCUT2D eigenvalue weighted by molar-refractivity contribution is -0.144. The molecule has 1 aromatic rings. The largest absolute Gasteiger partial charge is 0.480 e. The van der Waals surface area contributed by atoms with E-state index in [1.165, 1.54) is 14.0 Å². The van der Waals surface area contributed by atoms with E-state index < -0.39 is 23.9 Å². The average Bonchev–Trinajstić information content (AvgIpc) is 2.80. The molecule has 1 aliphatic rings. The smallest absolute Gasteiger partial charge is 0.337 e. The van der Waals surface area contributed by atoms with E-state index in [9.17, 15) is 14.4 Å². The minimum atomic E-state index is -1.12. The summed E-state index contributed by atoms with van der Waals surface area (Å²) < 4.78 is 4.82. The van der Waals surface area contributed by atoms with Crippen molar-refractivity contribution in [3.05, 3.63) is 40.3 Å². The Morgan fingerprint density at radius 1 is 1.35 bits per heavy atom. The van der Waals surface area contributed by atoms with Gasteiger partial charge in [0.15, 0.2) is 0 Å². The first-order valence-electron chi connectivity index (χ1n) is 6.53. The summed E-state index contributed by atoms with van der Waals surface area (Å²) >= 11 is 6.13. The third-order valence-corrected chi connectivity index (χ3v) is 4.53. The summed E-state index contributed by atoms with van der Waals surface area (Å²) in [6.07, 6.45) is 1.61. The van der Waals surface area contributed by atoms with Crippen LogP contribution in [-0.2, 0) is 14.3 Å². The molecule has 2 rings (SSSR count). The highest BCUT2D eigenvalue weighted by Gasteiger charge is 2.38. The molecular formula is C15H13NO5S2. The normalized spacial score (nSPS) is 17.5. The highest BCUT2D eigenvalue weighted by Crippen LogP contribution is 2.33. The van der Waals surface area contributed by atoms with Crippen LogP contribution in [0, 0.1) is 0 Å². The highest BCUT2D eigenvalue weighted by molar-refractivity contribution is 8.26. The minimum absolute atomic E-state index is 0.210. The fraction of sp³-hybridized carbons (Fsp3) is 0.200. The van der Waals surface area contributed by atoms with Crippen LogP contribution in [0.5, 0.6) is 0 Å². The number of nitrogens with zero attached hydrogens (tertiary/aromatic N) is 1. The number of hydrogen-bond acceptors (Lipinski definition) is 6. The molecule has 0 aliphatic carbocycles. The molecule has 1 amide bonds. The van der Waals surface area contributed by atoms with Gasteiger partial charge in [-0.15, -0.1) is 0 Å². The number of methoxy groups -OCH3 is 1. The van der Waals surface area contributed by atoms with Crippen LogP contribution in [0.2, 0.25) is 0 Å². The zero-order chi connectivity index (χ0) is 17.1. The zero-order valence-corrected chi connectivity index (χ0v) is 13.9. The number of carbonyl (C=O) groups is 3. The maximum absolute atomic E-state index is 12.3. The monoisotopic (exact) mass is 351 g/mol. The molecule has 1 heterocycles. The maximum Gasteiger partial charge on any atom is 0.337 e. The van der Waals surface area contributed by atoms with Crippen LogP contribution in [0.25, 0.3) is 6.08 Å². The fourth-order valence-corrected chi connectivity index (χ4v) is 3.33. The Kier molecular flexibility index (Phi) is 5.17. The third kappa shape index (κ3) is 3.59. The van der Waals surface area contributed by atoms with Gasteiger partial charge >= 0.3 is 11.9 Å². The lowest BCUT2D eigenvalue weighted by Gasteiger charge is -2.18. The van der Waals surface area contributed by atoms with Gasteiger partial charge in [-0.2, -0.15) is 0 Å². The summed E-state index contributed by atoms with van der Waals surface area (Å²) in [5.74, 6) is -2.00. The Bertz CT molecular complexity index is 711. The summed E-state index contributed by atoms with van der Waals surface area (Å²) in [6.45, 7) is 1.40. The van der Waals surface area contributed by atoms with Crippen molar-refractivity contribution in [3.8, 4) is 0 Å². The number of thioether (sulfide) groups is 1. The van der Waals surface area contributed by atoms with Crippen molar-refractivity contribution in [2.75, 3.05) is 7.11 Å². The van der Waals surface area contributed by atoms with E-state index in [4.69, 9.17) is 17.3 Å². The second-order valence-electron chi connectivity index (χ2n) is 4.68. The van der Waals surface area contributed by atoms with Crippen molar-refractivity contribution in [1.29, 1.82) is 0 Å². The lowest BCUT2D eigenvalue weighted by atomic mass is 10.1. The molecule has 1 aromatic carbocycles. The molecule has 8 heteroatoms. The molecule has 1 fully saturated rings. The van der Waals surface area contributed by atoms with Gasteiger partial charge in [-0.1, -0.05) is 36.1 Å². The van der Waals surface area contributed by atoms with E-state index in [0.717, 1.165) is 16.7 Å². The number of ether oxygens (including phenoxy) is 1. The van der Waals surface area contributed by atoms with E-state index in [0.29, 0.717) is 16.0 Å². The van der Waals surface area contributed by atoms with Gasteiger partial charge in [-0.3, -0.25) is 9.69 Å². The maximum atomic E-state index is 12.3. The number of esters is 1. The zero-order valence-electron chi connectivity index (χ0n) is 12.3. The number of hydrogen-bond donors (Lipinski definition) is 1. The highest BCUT2D eigenvalue weighted by atomic mass is 32.2. The predicted molar refractivity (Wildman–Crippen MR) is 89.9 cm³/mol. The van der Waals surface area contributed by atoms with Crippen molar-refractivity contribution in [1.82, 2.24) is 4.90 Å². The first-order valence-corrected chi connectivity index (χ1v) is 7.76. The summed E-state index contributed by atoms with van der Waals surface area (Å²) in [6, 6.07) is 5.48. The van der Waals surface area contributed by atoms with E-state index >= 15 is 0 Å². The number of rotatable bonds is 4. The second kappa shape index (κ2) is 6.93. The molecular weight excluding hydrogens is 338 g/mol. The molecule has 0 bridgehead atoms. The van der Waals surface area contributed by atoms with Gasteiger partial charge in [-0.05, 0) is 30.7 Å². The van der Waals surface area contributed by atoms with Crippen LogP contribution in [0.15, 0.2) is 29.2 Å². The van der Waals surface area contributed by atoms with Gasteiger partial charge in [0.1, 0.15) is 10.4 Å². The van der Waals surface area contributed by atoms with Crippen LogP contribution in [-0.4, -0.2) is 45.3 Å². The Morgan fingerprint density at radius 3 is 2.48 bits per heavy atom. The Morgan fingerprint density at radius 2 is 1.96 bits per heavy atom. The number of carboxylic acid groups (broad SMARTS) is 1. The van der Waals surface area contributed by atoms with Gasteiger partial charge < -0.3 is 9.84 Å². The second-order valence-corrected chi connectivity index (χ2v) is 6.36. The Labute approximate surface area is 142 Å². The van der Waals surface area contributed by atoms with Crippen LogP contribution in [0.4, 0.5) is 0 Å². The fourth-order valence-electron chi connectivity index (χ4n) is 1.91. The number of amides is 1. The number of carboxylic acids is 1. The molecule has 0 aromatic heterocycles. The van der Waals surface area contributed by atoms with E-state index in [1.807, 2.05) is 0 Å². The molecule has 1 unspecified atom stereocenters. The van der Waals surface area contributed by atoms with Crippen molar-refractivity contribution in [2.24, 2.45) is 0 Å². The molecule has 0 saturated carbocycles. The summed E-state index contributed by atoms with van der Waals surface area (Å²) in [5.41, 5.74) is 1.10. The molecule has 120 valence electrons. The van der Waals surface area contributed by atoms with Crippen LogP contribution in [0.1, 0.15) is 22.8 Å². The third-order valence-electron chi connectivity index (χ3n) is 3.20. The molecule has 6 nitrogen and oxygen atoms in total. The van der Waals surface area contributed by atoms with Crippen molar-refractivity contribution in [2.45, 2.75) is 13.0 Å². The predicted octanol–water partition coefficient (Wildman–Crippen LogP) is 2.15. The molecule has 0 spiro atoms. The Hall–Kier alpha value is -2.19. The van der Waals surface area contributed by atoms with Gasteiger partial charge in [0.05, 0.1) is 17.6 Å². The molecule has 1 atom stereocenters. The lowest BCUT2D eigenvalue weighted by Crippen LogP contribution is -2.41. The van der Waals surface area contributed by atoms with Gasteiger partial charge in [-0.25, -0.2) is 9.59 Å². The van der Waals surface area contributed by atoms with Gasteiger partial charge in [0, 0.05) is 0 Å². The van der Waals surface area contributed by atoms with Crippen LogP contribution < -0.4 is 0 Å². The number of aliphatic carboxylic acids is 1. The number of benzene rings is 1. The topological polar surface area (TPSA) is 83.9 Å². The van der Waals surface area contributed by atoms with Crippen molar-refractivity contribution in [3.63, 3.8) is 0 Å². The molecule has 1 saturated heterocycles. The van der Waals surface area contributed by atoms with Gasteiger partial charge in [0.2, 0.25) is 0 Å². The summed E-state index contributed by atoms with van der Waals surface area (Å²) in [4.78, 5) is 36.1. The average molecular weight is 351 g/mol. The summed E-state index contributed by atoms with van der Waals surface area (Å²) in [7, 11) is 1.30. The first-order chi connectivity index (χ1) is 10.8. The van der Waals surface area contributed by atoms with E-state index in [-0.39, 0.29) is 4.32 Å². The standard InChI is InChI=1S/C15H13NO5S2/c1-8(13(18)19)16-12(17)11(23-15(16)22)7-9-3-5-10(6-4-9)14(20)21-2/h3-8H,1-2H3,(H,18,19). The van der Waals surface area contributed by atoms with Crippen LogP contribution in [0.3, 0.4) is 0 Å². The van der Waals surface area contributed by atoms with Crippen LogP contribution >= 0.6 is 24.0 Å². The number of carbonyl (C=O) groups excluding carboxylic acids is 2. The Balaban J connectivity index is 2.24. The first kappa shape index (κ1) is 17.2. The minimum Gasteiger partial charge on any atom is -0.480 e. The van der Waals surface area contributed by atoms with Crippen molar-refractivity contribution < 1.29 is 24.2 Å². The number of thiocarbonyl (C=S) groups is 1. The van der Waals surface area contributed by atoms with Gasteiger partial charge in [0.25, 0.3) is 5.91 Å². The molecule has 1 aliphatic heterocycles. The van der Waals surface area contributed by atoms with E-state index in [1.54, 1.807) is 30.3 Å². The quantitative estimate of drug-likeness (QED) is 0.505. The summed E-state index contributed by atoms with van der Waals surface area (Å²) in [5, 5.41) is 9.03. The molecule has 23 heavy (non-hydrogen) atoms. The van der Waals surface area contributed by atoms with Crippen molar-refractivity contribution >= 4 is 52.2 Å².